The Hall–Kier alpha value is -0.360. The summed E-state index contributed by atoms with van der Waals surface area (Å²) in [7, 11) is 0. The zero-order valence-corrected chi connectivity index (χ0v) is 10.8. The summed E-state index contributed by atoms with van der Waals surface area (Å²) in [6.45, 7) is 4.35. The Bertz CT molecular complexity index is 342. The molecule has 0 spiro atoms. The van der Waals surface area contributed by atoms with Crippen molar-refractivity contribution in [2.24, 2.45) is 0 Å². The van der Waals surface area contributed by atoms with Gasteiger partial charge in [0.05, 0.1) is 25.9 Å². The summed E-state index contributed by atoms with van der Waals surface area (Å²) in [5.41, 5.74) is 0. The van der Waals surface area contributed by atoms with E-state index in [9.17, 15) is 0 Å². The van der Waals surface area contributed by atoms with Gasteiger partial charge in [-0.3, -0.25) is 4.90 Å². The van der Waals surface area contributed by atoms with Gasteiger partial charge in [-0.1, -0.05) is 0 Å². The lowest BCUT2D eigenvalue weighted by atomic mass is 10.2. The molecule has 0 amide bonds. The van der Waals surface area contributed by atoms with E-state index < -0.39 is 0 Å². The zero-order valence-electron chi connectivity index (χ0n) is 9.23. The fourth-order valence-corrected chi connectivity index (χ4v) is 2.18. The van der Waals surface area contributed by atoms with E-state index in [0.29, 0.717) is 12.6 Å². The first kappa shape index (κ1) is 12.1. The van der Waals surface area contributed by atoms with Crippen molar-refractivity contribution >= 4 is 15.9 Å². The molecule has 1 saturated heterocycles. The molecule has 1 fully saturated rings. The van der Waals surface area contributed by atoms with Crippen LogP contribution in [0.15, 0.2) is 21.2 Å². The van der Waals surface area contributed by atoms with Crippen LogP contribution in [0, 0.1) is 0 Å². The molecule has 0 aromatic carbocycles. The second-order valence-corrected chi connectivity index (χ2v) is 4.90. The van der Waals surface area contributed by atoms with E-state index in [1.807, 2.05) is 12.1 Å². The number of hydrogen-bond acceptors (Lipinski definition) is 4. The first-order chi connectivity index (χ1) is 7.69. The Morgan fingerprint density at radius 1 is 1.56 bits per heavy atom. The zero-order chi connectivity index (χ0) is 11.5. The minimum Gasteiger partial charge on any atom is -0.453 e. The minimum absolute atomic E-state index is 0.0744. The molecule has 2 heterocycles. The molecular formula is C11H16BrNO3. The third-order valence-corrected chi connectivity index (χ3v) is 3.25. The molecule has 1 aromatic rings. The molecule has 0 radical (unpaired) electrons. The number of nitrogens with zero attached hydrogens (tertiary/aromatic N) is 1. The number of hydrogen-bond donors (Lipinski definition) is 1. The van der Waals surface area contributed by atoms with Gasteiger partial charge in [0, 0.05) is 12.6 Å². The van der Waals surface area contributed by atoms with Crippen molar-refractivity contribution in [1.29, 1.82) is 0 Å². The third kappa shape index (κ3) is 2.85. The van der Waals surface area contributed by atoms with Crippen molar-refractivity contribution in [2.75, 3.05) is 19.8 Å². The Morgan fingerprint density at radius 3 is 3.00 bits per heavy atom. The van der Waals surface area contributed by atoms with Crippen LogP contribution in [0.4, 0.5) is 0 Å². The van der Waals surface area contributed by atoms with Crippen LogP contribution in [0.3, 0.4) is 0 Å². The maximum Gasteiger partial charge on any atom is 0.169 e. The Labute approximate surface area is 103 Å². The Kier molecular flexibility index (Phi) is 4.02. The SMILES string of the molecule is CC1COC(CO)CN1Cc1ccc(Br)o1. The van der Waals surface area contributed by atoms with Gasteiger partial charge in [0.15, 0.2) is 4.67 Å². The maximum absolute atomic E-state index is 9.08. The van der Waals surface area contributed by atoms with Crippen LogP contribution in [-0.4, -0.2) is 41.9 Å². The molecule has 2 atom stereocenters. The van der Waals surface area contributed by atoms with Gasteiger partial charge in [-0.05, 0) is 35.0 Å². The summed E-state index contributed by atoms with van der Waals surface area (Å²) in [6, 6.07) is 4.20. The van der Waals surface area contributed by atoms with Gasteiger partial charge >= 0.3 is 0 Å². The molecule has 4 nitrogen and oxygen atoms in total. The second kappa shape index (κ2) is 5.31. The standard InChI is InChI=1S/C11H16BrNO3/c1-8-7-15-10(6-14)5-13(8)4-9-2-3-11(12)16-9/h2-3,8,10,14H,4-7H2,1H3. The highest BCUT2D eigenvalue weighted by molar-refractivity contribution is 9.10. The summed E-state index contributed by atoms with van der Waals surface area (Å²) in [5, 5.41) is 9.08. The van der Waals surface area contributed by atoms with Gasteiger partial charge in [-0.25, -0.2) is 0 Å². The lowest BCUT2D eigenvalue weighted by molar-refractivity contribution is -0.0820. The van der Waals surface area contributed by atoms with Gasteiger partial charge in [0.1, 0.15) is 5.76 Å². The highest BCUT2D eigenvalue weighted by Crippen LogP contribution is 2.19. The predicted molar refractivity (Wildman–Crippen MR) is 63.1 cm³/mol. The van der Waals surface area contributed by atoms with Crippen molar-refractivity contribution in [3.05, 3.63) is 22.6 Å². The first-order valence-corrected chi connectivity index (χ1v) is 6.19. The van der Waals surface area contributed by atoms with Gasteiger partial charge in [0.25, 0.3) is 0 Å². The molecule has 2 rings (SSSR count). The summed E-state index contributed by atoms with van der Waals surface area (Å²) in [4.78, 5) is 2.26. The summed E-state index contributed by atoms with van der Waals surface area (Å²) in [6.07, 6.45) is -0.0744. The van der Waals surface area contributed by atoms with Gasteiger partial charge in [0.2, 0.25) is 0 Å². The van der Waals surface area contributed by atoms with Crippen LogP contribution in [0.1, 0.15) is 12.7 Å². The second-order valence-electron chi connectivity index (χ2n) is 4.12. The third-order valence-electron chi connectivity index (χ3n) is 2.83. The van der Waals surface area contributed by atoms with Crippen molar-refractivity contribution in [2.45, 2.75) is 25.6 Å². The molecule has 0 saturated carbocycles. The fraction of sp³-hybridized carbons (Fsp3) is 0.636. The summed E-state index contributed by atoms with van der Waals surface area (Å²) < 4.78 is 11.7. The Balaban J connectivity index is 1.96. The van der Waals surface area contributed by atoms with E-state index in [1.165, 1.54) is 0 Å². The normalized spacial score (nSPS) is 27.2. The number of aliphatic hydroxyl groups excluding tert-OH is 1. The predicted octanol–water partition coefficient (Wildman–Crippen LogP) is 1.62. The van der Waals surface area contributed by atoms with Crippen LogP contribution >= 0.6 is 15.9 Å². The van der Waals surface area contributed by atoms with E-state index in [0.717, 1.165) is 23.5 Å². The molecule has 1 aromatic heterocycles. The maximum atomic E-state index is 9.08. The van der Waals surface area contributed by atoms with Crippen molar-refractivity contribution in [3.8, 4) is 0 Å². The average Bonchev–Trinajstić information content (AvgIpc) is 2.67. The number of rotatable bonds is 3. The topological polar surface area (TPSA) is 45.8 Å². The number of furan rings is 1. The summed E-state index contributed by atoms with van der Waals surface area (Å²) in [5.74, 6) is 0.928. The largest absolute Gasteiger partial charge is 0.453 e. The molecule has 1 aliphatic rings. The number of ether oxygens (including phenoxy) is 1. The smallest absolute Gasteiger partial charge is 0.169 e. The Morgan fingerprint density at radius 2 is 2.38 bits per heavy atom. The van der Waals surface area contributed by atoms with Gasteiger partial charge < -0.3 is 14.3 Å². The lowest BCUT2D eigenvalue weighted by Gasteiger charge is -2.36. The molecule has 1 aliphatic heterocycles. The quantitative estimate of drug-likeness (QED) is 0.919. The molecule has 0 aliphatic carbocycles. The molecule has 1 N–H and O–H groups in total. The fourth-order valence-electron chi connectivity index (χ4n) is 1.84. The van der Waals surface area contributed by atoms with E-state index >= 15 is 0 Å². The highest BCUT2D eigenvalue weighted by atomic mass is 79.9. The highest BCUT2D eigenvalue weighted by Gasteiger charge is 2.26. The van der Waals surface area contributed by atoms with Crippen LogP contribution in [0.2, 0.25) is 0 Å². The minimum atomic E-state index is -0.0744. The van der Waals surface area contributed by atoms with E-state index in [2.05, 4.69) is 27.8 Å². The lowest BCUT2D eigenvalue weighted by Crippen LogP contribution is -2.48. The van der Waals surface area contributed by atoms with Crippen molar-refractivity contribution in [1.82, 2.24) is 4.90 Å². The first-order valence-electron chi connectivity index (χ1n) is 5.39. The van der Waals surface area contributed by atoms with Gasteiger partial charge in [-0.2, -0.15) is 0 Å². The molecular weight excluding hydrogens is 274 g/mol. The van der Waals surface area contributed by atoms with Crippen molar-refractivity contribution in [3.63, 3.8) is 0 Å². The van der Waals surface area contributed by atoms with E-state index in [-0.39, 0.29) is 12.7 Å². The van der Waals surface area contributed by atoms with Gasteiger partial charge in [-0.15, -0.1) is 0 Å². The van der Waals surface area contributed by atoms with E-state index in [1.54, 1.807) is 0 Å². The average molecular weight is 290 g/mol. The van der Waals surface area contributed by atoms with Crippen LogP contribution in [0.5, 0.6) is 0 Å². The van der Waals surface area contributed by atoms with Crippen LogP contribution in [0.25, 0.3) is 0 Å². The van der Waals surface area contributed by atoms with Crippen LogP contribution < -0.4 is 0 Å². The molecule has 0 bridgehead atoms. The summed E-state index contributed by atoms with van der Waals surface area (Å²) >= 11 is 3.29. The molecule has 90 valence electrons. The van der Waals surface area contributed by atoms with Crippen molar-refractivity contribution < 1.29 is 14.3 Å². The van der Waals surface area contributed by atoms with E-state index in [4.69, 9.17) is 14.3 Å². The number of morpholine rings is 1. The number of aliphatic hydroxyl groups is 1. The number of halogens is 1. The molecule has 16 heavy (non-hydrogen) atoms. The van der Waals surface area contributed by atoms with Crippen LogP contribution in [-0.2, 0) is 11.3 Å². The molecule has 5 heteroatoms. The monoisotopic (exact) mass is 289 g/mol. The molecule has 2 unspecified atom stereocenters.